The molecule has 0 amide bonds. The zero-order valence-electron chi connectivity index (χ0n) is 8.12. The Labute approximate surface area is 78.0 Å². The molecule has 0 fully saturated rings. The monoisotopic (exact) mass is 184 g/mol. The molecule has 0 aliphatic heterocycles. The van der Waals surface area contributed by atoms with Crippen molar-refractivity contribution in [2.24, 2.45) is 5.73 Å². The number of nitrogens with two attached hydrogens (primary N) is 1. The molecule has 0 bridgehead atoms. The minimum atomic E-state index is 0.278. The number of hydrogen-bond donors (Lipinski definition) is 1. The molecule has 0 aromatic carbocycles. The van der Waals surface area contributed by atoms with E-state index in [0.29, 0.717) is 13.2 Å². The van der Waals surface area contributed by atoms with Gasteiger partial charge in [0, 0.05) is 25.5 Å². The zero-order valence-corrected chi connectivity index (χ0v) is 8.12. The second-order valence-corrected chi connectivity index (χ2v) is 3.11. The van der Waals surface area contributed by atoms with Crippen LogP contribution in [0.15, 0.2) is 10.6 Å². The summed E-state index contributed by atoms with van der Waals surface area (Å²) in [5.41, 5.74) is 6.33. The van der Waals surface area contributed by atoms with Gasteiger partial charge < -0.3 is 15.0 Å². The second kappa shape index (κ2) is 4.99. The minimum absolute atomic E-state index is 0.278. The molecule has 1 heterocycles. The fourth-order valence-electron chi connectivity index (χ4n) is 1.16. The summed E-state index contributed by atoms with van der Waals surface area (Å²) >= 11 is 0. The summed E-state index contributed by atoms with van der Waals surface area (Å²) in [6, 6.07) is 1.94. The highest BCUT2D eigenvalue weighted by molar-refractivity contribution is 5.10. The summed E-state index contributed by atoms with van der Waals surface area (Å²) < 4.78 is 10.1. The van der Waals surface area contributed by atoms with Crippen LogP contribution >= 0.6 is 0 Å². The van der Waals surface area contributed by atoms with Crippen molar-refractivity contribution < 1.29 is 9.26 Å². The van der Waals surface area contributed by atoms with Gasteiger partial charge in [0.1, 0.15) is 5.76 Å². The number of ether oxygens (including phenoxy) is 1. The fourth-order valence-corrected chi connectivity index (χ4v) is 1.16. The highest BCUT2D eigenvalue weighted by Crippen LogP contribution is 2.15. The molecule has 0 radical (unpaired) electrons. The Morgan fingerprint density at radius 3 is 3.08 bits per heavy atom. The molecule has 0 aliphatic carbocycles. The van der Waals surface area contributed by atoms with Gasteiger partial charge in [-0.3, -0.25) is 0 Å². The van der Waals surface area contributed by atoms with Crippen LogP contribution in [0.5, 0.6) is 0 Å². The predicted octanol–water partition coefficient (Wildman–Crippen LogP) is 0.926. The standard InChI is InChI=1S/C9H16N2O2/c1-7(6-12-2)9-5-8(3-4-10)13-11-9/h5,7H,3-4,6,10H2,1-2H3. The van der Waals surface area contributed by atoms with Crippen LogP contribution in [-0.2, 0) is 11.2 Å². The first-order chi connectivity index (χ1) is 6.27. The van der Waals surface area contributed by atoms with Gasteiger partial charge in [-0.25, -0.2) is 0 Å². The largest absolute Gasteiger partial charge is 0.384 e. The Morgan fingerprint density at radius 2 is 2.46 bits per heavy atom. The lowest BCUT2D eigenvalue weighted by Crippen LogP contribution is -2.02. The molecule has 4 nitrogen and oxygen atoms in total. The van der Waals surface area contributed by atoms with E-state index < -0.39 is 0 Å². The summed E-state index contributed by atoms with van der Waals surface area (Å²) in [4.78, 5) is 0. The lowest BCUT2D eigenvalue weighted by Gasteiger charge is -2.03. The van der Waals surface area contributed by atoms with Gasteiger partial charge >= 0.3 is 0 Å². The molecule has 0 saturated heterocycles. The van der Waals surface area contributed by atoms with Crippen LogP contribution in [0.1, 0.15) is 24.3 Å². The van der Waals surface area contributed by atoms with Crippen molar-refractivity contribution in [3.8, 4) is 0 Å². The maximum absolute atomic E-state index is 5.39. The van der Waals surface area contributed by atoms with E-state index in [4.69, 9.17) is 15.0 Å². The predicted molar refractivity (Wildman–Crippen MR) is 49.6 cm³/mol. The Hall–Kier alpha value is -0.870. The number of nitrogens with zero attached hydrogens (tertiary/aromatic N) is 1. The molecule has 1 unspecified atom stereocenters. The molecule has 0 spiro atoms. The SMILES string of the molecule is COCC(C)c1cc(CCN)on1. The summed E-state index contributed by atoms with van der Waals surface area (Å²) in [5.74, 6) is 1.13. The van der Waals surface area contributed by atoms with E-state index in [-0.39, 0.29) is 5.92 Å². The molecule has 2 N–H and O–H groups in total. The Balaban J connectivity index is 2.56. The molecule has 1 aromatic heterocycles. The third-order valence-corrected chi connectivity index (χ3v) is 1.89. The summed E-state index contributed by atoms with van der Waals surface area (Å²) in [6.07, 6.45) is 0.743. The molecular weight excluding hydrogens is 168 g/mol. The van der Waals surface area contributed by atoms with E-state index in [2.05, 4.69) is 5.16 Å². The van der Waals surface area contributed by atoms with E-state index in [0.717, 1.165) is 17.9 Å². The first-order valence-electron chi connectivity index (χ1n) is 4.42. The lowest BCUT2D eigenvalue weighted by atomic mass is 10.1. The van der Waals surface area contributed by atoms with Gasteiger partial charge in [-0.05, 0) is 6.54 Å². The quantitative estimate of drug-likeness (QED) is 0.739. The fraction of sp³-hybridized carbons (Fsp3) is 0.667. The molecule has 0 aliphatic rings. The van der Waals surface area contributed by atoms with E-state index in [1.807, 2.05) is 13.0 Å². The number of hydrogen-bond acceptors (Lipinski definition) is 4. The van der Waals surface area contributed by atoms with Gasteiger partial charge in [0.2, 0.25) is 0 Å². The Kier molecular flexibility index (Phi) is 3.92. The Bertz CT molecular complexity index is 248. The van der Waals surface area contributed by atoms with Gasteiger partial charge in [-0.15, -0.1) is 0 Å². The summed E-state index contributed by atoms with van der Waals surface area (Å²) in [5, 5.41) is 3.94. The third kappa shape index (κ3) is 2.82. The third-order valence-electron chi connectivity index (χ3n) is 1.89. The molecule has 74 valence electrons. The number of rotatable bonds is 5. The topological polar surface area (TPSA) is 61.3 Å². The highest BCUT2D eigenvalue weighted by Gasteiger charge is 2.10. The molecule has 0 saturated carbocycles. The van der Waals surface area contributed by atoms with Gasteiger partial charge in [0.25, 0.3) is 0 Å². The van der Waals surface area contributed by atoms with Crippen LogP contribution in [0, 0.1) is 0 Å². The average molecular weight is 184 g/mol. The maximum atomic E-state index is 5.39. The number of methoxy groups -OCH3 is 1. The van der Waals surface area contributed by atoms with Crippen molar-refractivity contribution in [3.63, 3.8) is 0 Å². The van der Waals surface area contributed by atoms with E-state index in [9.17, 15) is 0 Å². The van der Waals surface area contributed by atoms with Crippen molar-refractivity contribution in [1.29, 1.82) is 0 Å². The first-order valence-corrected chi connectivity index (χ1v) is 4.42. The molecule has 4 heteroatoms. The van der Waals surface area contributed by atoms with Gasteiger partial charge in [-0.2, -0.15) is 0 Å². The van der Waals surface area contributed by atoms with E-state index in [1.54, 1.807) is 7.11 Å². The molecule has 1 atom stereocenters. The Morgan fingerprint density at radius 1 is 1.69 bits per heavy atom. The van der Waals surface area contributed by atoms with Crippen molar-refractivity contribution >= 4 is 0 Å². The van der Waals surface area contributed by atoms with E-state index in [1.165, 1.54) is 0 Å². The van der Waals surface area contributed by atoms with Crippen molar-refractivity contribution in [2.45, 2.75) is 19.3 Å². The van der Waals surface area contributed by atoms with Gasteiger partial charge in [0.15, 0.2) is 0 Å². The van der Waals surface area contributed by atoms with Crippen LogP contribution in [0.3, 0.4) is 0 Å². The summed E-state index contributed by atoms with van der Waals surface area (Å²) in [7, 11) is 1.68. The average Bonchev–Trinajstić information content (AvgIpc) is 2.54. The van der Waals surface area contributed by atoms with Gasteiger partial charge in [0.05, 0.1) is 12.3 Å². The highest BCUT2D eigenvalue weighted by atomic mass is 16.5. The van der Waals surface area contributed by atoms with Crippen molar-refractivity contribution in [2.75, 3.05) is 20.3 Å². The first kappa shape index (κ1) is 10.2. The molecule has 13 heavy (non-hydrogen) atoms. The molecular formula is C9H16N2O2. The number of aromatic nitrogens is 1. The molecule has 1 aromatic rings. The minimum Gasteiger partial charge on any atom is -0.384 e. The van der Waals surface area contributed by atoms with Crippen LogP contribution in [0.25, 0.3) is 0 Å². The normalized spacial score (nSPS) is 13.2. The van der Waals surface area contributed by atoms with Crippen molar-refractivity contribution in [3.05, 3.63) is 17.5 Å². The summed E-state index contributed by atoms with van der Waals surface area (Å²) in [6.45, 7) is 3.30. The van der Waals surface area contributed by atoms with Gasteiger partial charge in [-0.1, -0.05) is 12.1 Å². The maximum Gasteiger partial charge on any atom is 0.138 e. The van der Waals surface area contributed by atoms with Crippen LogP contribution < -0.4 is 5.73 Å². The van der Waals surface area contributed by atoms with Crippen LogP contribution in [0.4, 0.5) is 0 Å². The lowest BCUT2D eigenvalue weighted by molar-refractivity contribution is 0.181. The molecule has 1 rings (SSSR count). The smallest absolute Gasteiger partial charge is 0.138 e. The van der Waals surface area contributed by atoms with E-state index >= 15 is 0 Å². The van der Waals surface area contributed by atoms with Crippen LogP contribution in [0.2, 0.25) is 0 Å². The second-order valence-electron chi connectivity index (χ2n) is 3.11. The van der Waals surface area contributed by atoms with Crippen molar-refractivity contribution in [1.82, 2.24) is 5.16 Å². The van der Waals surface area contributed by atoms with Crippen LogP contribution in [-0.4, -0.2) is 25.4 Å². The zero-order chi connectivity index (χ0) is 9.68.